The van der Waals surface area contributed by atoms with E-state index >= 15 is 0 Å². The zero-order valence-electron chi connectivity index (χ0n) is 13.6. The Balaban J connectivity index is 2.63. The summed E-state index contributed by atoms with van der Waals surface area (Å²) in [5.41, 5.74) is 8.10. The number of amides is 1. The van der Waals surface area contributed by atoms with Gasteiger partial charge in [0.15, 0.2) is 0 Å². The number of nitrogens with one attached hydrogen (secondary N) is 1. The maximum atomic E-state index is 12.0. The largest absolute Gasteiger partial charge is 0.444 e. The predicted octanol–water partition coefficient (Wildman–Crippen LogP) is 4.55. The summed E-state index contributed by atoms with van der Waals surface area (Å²) in [5, 5.41) is 6.63. The van der Waals surface area contributed by atoms with Crippen molar-refractivity contribution >= 4 is 6.09 Å². The van der Waals surface area contributed by atoms with E-state index in [2.05, 4.69) is 15.3 Å². The third kappa shape index (κ3) is 7.23. The zero-order valence-corrected chi connectivity index (χ0v) is 13.6. The minimum atomic E-state index is -0.527. The van der Waals surface area contributed by atoms with Gasteiger partial charge in [0.1, 0.15) is 5.60 Å². The molecular weight excluding hydrogens is 268 g/mol. The van der Waals surface area contributed by atoms with Gasteiger partial charge in [-0.1, -0.05) is 44.1 Å². The van der Waals surface area contributed by atoms with E-state index in [1.165, 1.54) is 32.1 Å². The molecule has 2 atom stereocenters. The summed E-state index contributed by atoms with van der Waals surface area (Å²) in [5.74, 6) is 0.593. The summed E-state index contributed by atoms with van der Waals surface area (Å²) in [4.78, 5) is 14.8. The maximum absolute atomic E-state index is 12.0. The summed E-state index contributed by atoms with van der Waals surface area (Å²) in [6, 6.07) is -0.441. The van der Waals surface area contributed by atoms with Gasteiger partial charge in [-0.25, -0.2) is 4.79 Å². The second kappa shape index (κ2) is 8.13. The van der Waals surface area contributed by atoms with Gasteiger partial charge in [0.05, 0.1) is 6.04 Å². The molecule has 1 amide bonds. The fraction of sp³-hybridized carbons (Fsp3) is 0.933. The van der Waals surface area contributed by atoms with Crippen molar-refractivity contribution < 1.29 is 9.53 Å². The lowest BCUT2D eigenvalue weighted by atomic mass is 9.83. The lowest BCUT2D eigenvalue weighted by Gasteiger charge is -2.30. The maximum Gasteiger partial charge on any atom is 0.407 e. The van der Waals surface area contributed by atoms with Gasteiger partial charge >= 0.3 is 6.09 Å². The Hall–Kier alpha value is -1.42. The van der Waals surface area contributed by atoms with Crippen LogP contribution in [0.25, 0.3) is 10.4 Å². The van der Waals surface area contributed by atoms with E-state index < -0.39 is 11.7 Å². The molecule has 0 saturated heterocycles. The molecule has 21 heavy (non-hydrogen) atoms. The number of hydrogen-bond donors (Lipinski definition) is 1. The van der Waals surface area contributed by atoms with E-state index in [0.29, 0.717) is 5.92 Å². The molecule has 6 nitrogen and oxygen atoms in total. The minimum Gasteiger partial charge on any atom is -0.444 e. The second-order valence-corrected chi connectivity index (χ2v) is 6.94. The summed E-state index contributed by atoms with van der Waals surface area (Å²) >= 11 is 0. The molecule has 0 aromatic rings. The molecule has 1 aliphatic carbocycles. The van der Waals surface area contributed by atoms with E-state index in [4.69, 9.17) is 10.3 Å². The molecule has 1 aliphatic rings. The SMILES string of the molecule is CC(N=[N+]=[N-])[C@H](CC1CCCCC1)NC(=O)OC(C)(C)C. The van der Waals surface area contributed by atoms with Gasteiger partial charge in [-0.2, -0.15) is 0 Å². The van der Waals surface area contributed by atoms with Crippen LogP contribution in [0.15, 0.2) is 5.11 Å². The number of carbonyl (C=O) groups excluding carboxylic acids is 1. The monoisotopic (exact) mass is 296 g/mol. The Morgan fingerprint density at radius 3 is 2.52 bits per heavy atom. The molecule has 1 rings (SSSR count). The van der Waals surface area contributed by atoms with Gasteiger partial charge in [-0.05, 0) is 38.6 Å². The number of nitrogens with zero attached hydrogens (tertiary/aromatic N) is 3. The summed E-state index contributed by atoms with van der Waals surface area (Å²) < 4.78 is 5.30. The Morgan fingerprint density at radius 2 is 2.00 bits per heavy atom. The van der Waals surface area contributed by atoms with Crippen molar-refractivity contribution in [2.75, 3.05) is 0 Å². The molecule has 120 valence electrons. The highest BCUT2D eigenvalue weighted by Gasteiger charge is 2.26. The Morgan fingerprint density at radius 1 is 1.38 bits per heavy atom. The number of azide groups is 1. The minimum absolute atomic E-state index is 0.168. The van der Waals surface area contributed by atoms with E-state index in [0.717, 1.165) is 6.42 Å². The van der Waals surface area contributed by atoms with Crippen LogP contribution in [0, 0.1) is 5.92 Å². The fourth-order valence-corrected chi connectivity index (χ4v) is 2.78. The van der Waals surface area contributed by atoms with Gasteiger partial charge in [-0.3, -0.25) is 0 Å². The lowest BCUT2D eigenvalue weighted by molar-refractivity contribution is 0.0488. The van der Waals surface area contributed by atoms with E-state index in [1.807, 2.05) is 27.7 Å². The molecule has 0 spiro atoms. The van der Waals surface area contributed by atoms with Gasteiger partial charge in [0.25, 0.3) is 0 Å². The first-order valence-corrected chi connectivity index (χ1v) is 7.85. The first-order valence-electron chi connectivity index (χ1n) is 7.85. The van der Waals surface area contributed by atoms with Crippen molar-refractivity contribution in [2.45, 2.75) is 83.9 Å². The Bertz CT molecular complexity index is 380. The van der Waals surface area contributed by atoms with Crippen LogP contribution in [0.1, 0.15) is 66.2 Å². The number of ether oxygens (including phenoxy) is 1. The molecule has 0 bridgehead atoms. The molecule has 1 unspecified atom stereocenters. The van der Waals surface area contributed by atoms with Gasteiger partial charge < -0.3 is 10.1 Å². The standard InChI is InChI=1S/C15H28N4O2/c1-11(18-19-16)13(10-12-8-6-5-7-9-12)17-14(20)21-15(2,3)4/h11-13H,5-10H2,1-4H3,(H,17,20)/t11?,13-/m0/s1. The quantitative estimate of drug-likeness (QED) is 0.458. The van der Waals surface area contributed by atoms with Crippen molar-refractivity contribution in [2.24, 2.45) is 11.0 Å². The molecule has 1 fully saturated rings. The topological polar surface area (TPSA) is 87.1 Å². The zero-order chi connectivity index (χ0) is 15.9. The first kappa shape index (κ1) is 17.6. The molecular formula is C15H28N4O2. The van der Waals surface area contributed by atoms with Crippen LogP contribution in [0.3, 0.4) is 0 Å². The average molecular weight is 296 g/mol. The van der Waals surface area contributed by atoms with Crippen LogP contribution >= 0.6 is 0 Å². The van der Waals surface area contributed by atoms with Crippen LogP contribution < -0.4 is 5.32 Å². The van der Waals surface area contributed by atoms with Crippen molar-refractivity contribution in [3.63, 3.8) is 0 Å². The van der Waals surface area contributed by atoms with Crippen molar-refractivity contribution in [3.8, 4) is 0 Å². The molecule has 0 radical (unpaired) electrons. The number of carbonyl (C=O) groups is 1. The molecule has 0 heterocycles. The van der Waals surface area contributed by atoms with Crippen LogP contribution in [0.5, 0.6) is 0 Å². The average Bonchev–Trinajstić information content (AvgIpc) is 2.37. The molecule has 0 aromatic heterocycles. The van der Waals surface area contributed by atoms with Crippen molar-refractivity contribution in [1.82, 2.24) is 5.32 Å². The molecule has 1 N–H and O–H groups in total. The van der Waals surface area contributed by atoms with Gasteiger partial charge in [0.2, 0.25) is 0 Å². The number of rotatable bonds is 5. The van der Waals surface area contributed by atoms with Gasteiger partial charge in [-0.15, -0.1) is 0 Å². The third-order valence-corrected chi connectivity index (χ3v) is 3.83. The summed E-state index contributed by atoms with van der Waals surface area (Å²) in [6.07, 6.45) is 6.58. The number of alkyl carbamates (subject to hydrolysis) is 1. The third-order valence-electron chi connectivity index (χ3n) is 3.83. The van der Waals surface area contributed by atoms with Crippen LogP contribution in [0.2, 0.25) is 0 Å². The fourth-order valence-electron chi connectivity index (χ4n) is 2.78. The smallest absolute Gasteiger partial charge is 0.407 e. The lowest BCUT2D eigenvalue weighted by Crippen LogP contribution is -2.45. The predicted molar refractivity (Wildman–Crippen MR) is 83.0 cm³/mol. The molecule has 1 saturated carbocycles. The van der Waals surface area contributed by atoms with Gasteiger partial charge in [0, 0.05) is 11.0 Å². The molecule has 0 aromatic carbocycles. The van der Waals surface area contributed by atoms with Crippen LogP contribution in [-0.2, 0) is 4.74 Å². The second-order valence-electron chi connectivity index (χ2n) is 6.94. The highest BCUT2D eigenvalue weighted by molar-refractivity contribution is 5.68. The highest BCUT2D eigenvalue weighted by atomic mass is 16.6. The first-order chi connectivity index (χ1) is 9.81. The van der Waals surface area contributed by atoms with E-state index in [9.17, 15) is 4.79 Å². The van der Waals surface area contributed by atoms with Crippen molar-refractivity contribution in [1.29, 1.82) is 0 Å². The van der Waals surface area contributed by atoms with Crippen LogP contribution in [0.4, 0.5) is 4.79 Å². The summed E-state index contributed by atoms with van der Waals surface area (Å²) in [7, 11) is 0. The number of hydrogen-bond acceptors (Lipinski definition) is 3. The van der Waals surface area contributed by atoms with Crippen LogP contribution in [-0.4, -0.2) is 23.8 Å². The Kier molecular flexibility index (Phi) is 6.82. The van der Waals surface area contributed by atoms with E-state index in [1.54, 1.807) is 0 Å². The normalized spacial score (nSPS) is 19.2. The van der Waals surface area contributed by atoms with E-state index in [-0.39, 0.29) is 12.1 Å². The van der Waals surface area contributed by atoms with Crippen molar-refractivity contribution in [3.05, 3.63) is 10.4 Å². The highest BCUT2D eigenvalue weighted by Crippen LogP contribution is 2.28. The molecule has 0 aliphatic heterocycles. The summed E-state index contributed by atoms with van der Waals surface area (Å²) in [6.45, 7) is 7.34. The molecule has 6 heteroatoms. The Labute approximate surface area is 127 Å².